The van der Waals surface area contributed by atoms with Gasteiger partial charge in [0.15, 0.2) is 0 Å². The van der Waals surface area contributed by atoms with Gasteiger partial charge in [-0.2, -0.15) is 0 Å². The maximum atomic E-state index is 12.1. The van der Waals surface area contributed by atoms with Crippen LogP contribution in [-0.2, 0) is 9.59 Å². The van der Waals surface area contributed by atoms with Crippen LogP contribution in [0.5, 0.6) is 0 Å². The second-order valence-corrected chi connectivity index (χ2v) is 4.68. The highest BCUT2D eigenvalue weighted by molar-refractivity contribution is 6.30. The number of nitrogens with zero attached hydrogens (tertiary/aromatic N) is 4. The van der Waals surface area contributed by atoms with Crippen LogP contribution < -0.4 is 0 Å². The quantitative estimate of drug-likeness (QED) is 0.660. The highest BCUT2D eigenvalue weighted by Gasteiger charge is 2.51. The van der Waals surface area contributed by atoms with Crippen LogP contribution in [0.4, 0.5) is 0 Å². The number of azo groups is 1. The number of imide groups is 1. The van der Waals surface area contributed by atoms with Crippen molar-refractivity contribution in [2.75, 3.05) is 0 Å². The van der Waals surface area contributed by atoms with Crippen molar-refractivity contribution in [3.8, 4) is 0 Å². The third kappa shape index (κ3) is 1.51. The Balaban J connectivity index is 1.90. The number of aliphatic imine (C=N–C) groups is 1. The van der Waals surface area contributed by atoms with E-state index in [-0.39, 0.29) is 23.7 Å². The summed E-state index contributed by atoms with van der Waals surface area (Å²) in [6.45, 7) is 0. The summed E-state index contributed by atoms with van der Waals surface area (Å²) in [6.07, 6.45) is 3.19. The highest BCUT2D eigenvalue weighted by Crippen LogP contribution is 2.40. The summed E-state index contributed by atoms with van der Waals surface area (Å²) in [5.74, 6) is -1.13. The second kappa shape index (κ2) is 3.73. The van der Waals surface area contributed by atoms with Gasteiger partial charge < -0.3 is 0 Å². The lowest BCUT2D eigenvalue weighted by molar-refractivity contribution is -0.142. The first-order chi connectivity index (χ1) is 8.18. The van der Waals surface area contributed by atoms with E-state index in [4.69, 9.17) is 11.6 Å². The molecule has 2 amide bonds. The van der Waals surface area contributed by atoms with E-state index in [9.17, 15) is 9.59 Å². The van der Waals surface area contributed by atoms with Gasteiger partial charge in [0, 0.05) is 5.03 Å². The van der Waals surface area contributed by atoms with Crippen LogP contribution in [0, 0.1) is 11.8 Å². The summed E-state index contributed by atoms with van der Waals surface area (Å²) in [5.41, 5.74) is 0. The number of likely N-dealkylation sites (tertiary alicyclic amines) is 1. The first kappa shape index (κ1) is 10.6. The molecule has 3 atom stereocenters. The number of amides is 2. The molecule has 0 aromatic heterocycles. The Morgan fingerprint density at radius 1 is 1.29 bits per heavy atom. The van der Waals surface area contributed by atoms with Crippen LogP contribution in [0.15, 0.2) is 26.3 Å². The van der Waals surface area contributed by atoms with Gasteiger partial charge in [-0.3, -0.25) is 9.59 Å². The lowest BCUT2D eigenvalue weighted by Crippen LogP contribution is -2.37. The summed E-state index contributed by atoms with van der Waals surface area (Å²) in [4.78, 5) is 29.2. The Morgan fingerprint density at radius 3 is 2.76 bits per heavy atom. The fourth-order valence-electron chi connectivity index (χ4n) is 2.41. The molecule has 3 aliphatic rings. The normalized spacial score (nSPS) is 35.5. The first-order valence-corrected chi connectivity index (χ1v) is 5.69. The summed E-state index contributed by atoms with van der Waals surface area (Å²) < 4.78 is 0. The lowest BCUT2D eigenvalue weighted by Gasteiger charge is -2.17. The molecule has 88 valence electrons. The number of hydrogen-bond acceptors (Lipinski definition) is 5. The zero-order chi connectivity index (χ0) is 12.0. The van der Waals surface area contributed by atoms with Crippen LogP contribution in [0.25, 0.3) is 0 Å². The Hall–Kier alpha value is -1.56. The summed E-state index contributed by atoms with van der Waals surface area (Å²) >= 11 is 5.91. The second-order valence-electron chi connectivity index (χ2n) is 4.19. The average molecular weight is 253 g/mol. The van der Waals surface area contributed by atoms with Crippen molar-refractivity contribution in [1.82, 2.24) is 4.90 Å². The standard InChI is InChI=1S/C10H9ClN4O2/c11-5-1-2-6-7(3-5)9(17)15(8(6)16)10-12-4-13-14-10/h1,4,6-7,10H,2-3H2. The van der Waals surface area contributed by atoms with E-state index in [1.165, 1.54) is 6.34 Å². The Labute approximate surface area is 102 Å². The van der Waals surface area contributed by atoms with E-state index < -0.39 is 6.29 Å². The van der Waals surface area contributed by atoms with Gasteiger partial charge >= 0.3 is 0 Å². The van der Waals surface area contributed by atoms with Crippen molar-refractivity contribution < 1.29 is 9.59 Å². The van der Waals surface area contributed by atoms with Crippen LogP contribution >= 0.6 is 11.6 Å². The van der Waals surface area contributed by atoms with Gasteiger partial charge in [-0.25, -0.2) is 9.89 Å². The van der Waals surface area contributed by atoms with Crippen LogP contribution in [0.1, 0.15) is 12.8 Å². The van der Waals surface area contributed by atoms with Gasteiger partial charge in [-0.1, -0.05) is 17.7 Å². The molecule has 2 aliphatic heterocycles. The number of fused-ring (bicyclic) bond motifs is 1. The summed E-state index contributed by atoms with van der Waals surface area (Å²) in [5, 5.41) is 7.94. The van der Waals surface area contributed by atoms with Crippen molar-refractivity contribution in [2.45, 2.75) is 19.1 Å². The van der Waals surface area contributed by atoms with Crippen molar-refractivity contribution in [3.63, 3.8) is 0 Å². The molecule has 7 heteroatoms. The van der Waals surface area contributed by atoms with Gasteiger partial charge in [0.05, 0.1) is 11.8 Å². The summed E-state index contributed by atoms with van der Waals surface area (Å²) in [7, 11) is 0. The molecule has 0 bridgehead atoms. The molecule has 0 N–H and O–H groups in total. The molecular weight excluding hydrogens is 244 g/mol. The molecule has 3 unspecified atom stereocenters. The molecule has 3 rings (SSSR count). The molecule has 1 saturated heterocycles. The number of allylic oxidation sites excluding steroid dienone is 2. The van der Waals surface area contributed by atoms with Crippen LogP contribution in [0.3, 0.4) is 0 Å². The number of halogens is 1. The maximum absolute atomic E-state index is 12.1. The monoisotopic (exact) mass is 252 g/mol. The molecule has 6 nitrogen and oxygen atoms in total. The molecule has 0 saturated carbocycles. The zero-order valence-electron chi connectivity index (χ0n) is 8.78. The molecule has 0 aromatic carbocycles. The number of carbonyl (C=O) groups is 2. The van der Waals surface area contributed by atoms with E-state index in [2.05, 4.69) is 15.2 Å². The van der Waals surface area contributed by atoms with Gasteiger partial charge in [-0.15, -0.1) is 10.2 Å². The number of carbonyl (C=O) groups excluding carboxylic acids is 2. The minimum absolute atomic E-state index is 0.219. The fourth-order valence-corrected chi connectivity index (χ4v) is 2.66. The lowest BCUT2D eigenvalue weighted by atomic mass is 9.85. The molecule has 2 heterocycles. The average Bonchev–Trinajstić information content (AvgIpc) is 2.88. The predicted octanol–water partition coefficient (Wildman–Crippen LogP) is 1.28. The number of hydrogen-bond donors (Lipinski definition) is 0. The third-order valence-corrected chi connectivity index (χ3v) is 3.56. The molecule has 1 fully saturated rings. The summed E-state index contributed by atoms with van der Waals surface area (Å²) in [6, 6.07) is 0. The van der Waals surface area contributed by atoms with Gasteiger partial charge in [-0.05, 0) is 12.8 Å². The van der Waals surface area contributed by atoms with E-state index >= 15 is 0 Å². The maximum Gasteiger partial charge on any atom is 0.246 e. The van der Waals surface area contributed by atoms with Crippen molar-refractivity contribution >= 4 is 29.8 Å². The topological polar surface area (TPSA) is 74.5 Å². The largest absolute Gasteiger partial charge is 0.274 e. The smallest absolute Gasteiger partial charge is 0.246 e. The minimum Gasteiger partial charge on any atom is -0.274 e. The highest BCUT2D eigenvalue weighted by atomic mass is 35.5. The molecule has 0 spiro atoms. The van der Waals surface area contributed by atoms with E-state index in [0.717, 1.165) is 4.90 Å². The zero-order valence-corrected chi connectivity index (χ0v) is 9.54. The van der Waals surface area contributed by atoms with E-state index in [0.29, 0.717) is 17.9 Å². The van der Waals surface area contributed by atoms with Gasteiger partial charge in [0.25, 0.3) is 0 Å². The van der Waals surface area contributed by atoms with Crippen LogP contribution in [0.2, 0.25) is 0 Å². The van der Waals surface area contributed by atoms with Gasteiger partial charge in [0.2, 0.25) is 18.1 Å². The minimum atomic E-state index is -0.806. The van der Waals surface area contributed by atoms with Crippen molar-refractivity contribution in [3.05, 3.63) is 11.1 Å². The molecule has 0 radical (unpaired) electrons. The molecular formula is C10H9ClN4O2. The van der Waals surface area contributed by atoms with Gasteiger partial charge in [0.1, 0.15) is 6.34 Å². The Bertz CT molecular complexity index is 473. The number of rotatable bonds is 1. The fraction of sp³-hybridized carbons (Fsp3) is 0.500. The predicted molar refractivity (Wildman–Crippen MR) is 59.1 cm³/mol. The van der Waals surface area contributed by atoms with E-state index in [1.54, 1.807) is 6.08 Å². The molecule has 1 aliphatic carbocycles. The third-order valence-electron chi connectivity index (χ3n) is 3.26. The SMILES string of the molecule is O=C1C2CC=C(Cl)CC2C(=O)N1C1N=CN=N1. The first-order valence-electron chi connectivity index (χ1n) is 5.31. The molecule has 17 heavy (non-hydrogen) atoms. The molecule has 0 aromatic rings. The Kier molecular flexibility index (Phi) is 2.32. The van der Waals surface area contributed by atoms with E-state index in [1.807, 2.05) is 0 Å². The van der Waals surface area contributed by atoms with Crippen molar-refractivity contribution in [1.29, 1.82) is 0 Å². The Morgan fingerprint density at radius 2 is 2.06 bits per heavy atom. The van der Waals surface area contributed by atoms with Crippen LogP contribution in [-0.4, -0.2) is 29.3 Å². The van der Waals surface area contributed by atoms with Crippen molar-refractivity contribution in [2.24, 2.45) is 27.1 Å².